The Labute approximate surface area is 171 Å². The predicted octanol–water partition coefficient (Wildman–Crippen LogP) is 1.15. The monoisotopic (exact) mass is 398 g/mol. The van der Waals surface area contributed by atoms with Crippen molar-refractivity contribution in [2.45, 2.75) is 56.7 Å². The van der Waals surface area contributed by atoms with Gasteiger partial charge in [0, 0.05) is 50.2 Å². The number of hydrogen-bond acceptors (Lipinski definition) is 4. The van der Waals surface area contributed by atoms with Crippen molar-refractivity contribution in [2.75, 3.05) is 26.2 Å². The van der Waals surface area contributed by atoms with E-state index < -0.39 is 0 Å². The van der Waals surface area contributed by atoms with Crippen LogP contribution in [-0.4, -0.2) is 71.8 Å². The normalized spacial score (nSPS) is 27.2. The van der Waals surface area contributed by atoms with Crippen LogP contribution in [0.2, 0.25) is 0 Å². The number of benzene rings is 1. The topological polar surface area (TPSA) is 81.8 Å². The van der Waals surface area contributed by atoms with Crippen molar-refractivity contribution in [2.24, 2.45) is 0 Å². The number of amides is 3. The number of rotatable bonds is 5. The summed E-state index contributed by atoms with van der Waals surface area (Å²) in [6, 6.07) is 9.01. The van der Waals surface area contributed by atoms with Crippen molar-refractivity contribution in [3.8, 4) is 0 Å². The zero-order valence-electron chi connectivity index (χ0n) is 16.8. The summed E-state index contributed by atoms with van der Waals surface area (Å²) in [6.07, 6.45) is 5.28. The van der Waals surface area contributed by atoms with Crippen LogP contribution in [0.3, 0.4) is 0 Å². The van der Waals surface area contributed by atoms with E-state index in [0.717, 1.165) is 32.4 Å². The third-order valence-electron chi connectivity index (χ3n) is 6.39. The third-order valence-corrected chi connectivity index (χ3v) is 6.39. The molecule has 1 aromatic carbocycles. The minimum Gasteiger partial charge on any atom is -0.353 e. The highest BCUT2D eigenvalue weighted by molar-refractivity contribution is 5.94. The summed E-state index contributed by atoms with van der Waals surface area (Å²) in [5, 5.41) is 6.07. The summed E-state index contributed by atoms with van der Waals surface area (Å²) >= 11 is 0. The lowest BCUT2D eigenvalue weighted by Gasteiger charge is -2.37. The molecule has 3 amide bonds. The van der Waals surface area contributed by atoms with Crippen LogP contribution in [0.4, 0.5) is 0 Å². The van der Waals surface area contributed by atoms with Crippen LogP contribution in [0.15, 0.2) is 30.3 Å². The molecule has 3 fully saturated rings. The van der Waals surface area contributed by atoms with E-state index in [0.29, 0.717) is 31.5 Å². The van der Waals surface area contributed by atoms with Crippen molar-refractivity contribution < 1.29 is 14.4 Å². The first-order chi connectivity index (χ1) is 14.1. The Kier molecular flexibility index (Phi) is 6.13. The molecule has 2 N–H and O–H groups in total. The van der Waals surface area contributed by atoms with Crippen LogP contribution in [-0.2, 0) is 9.59 Å². The largest absolute Gasteiger partial charge is 0.353 e. The van der Waals surface area contributed by atoms with Crippen LogP contribution in [0.5, 0.6) is 0 Å². The molecule has 7 heteroatoms. The van der Waals surface area contributed by atoms with Gasteiger partial charge >= 0.3 is 0 Å². The number of carbonyl (C=O) groups excluding carboxylic acids is 3. The lowest BCUT2D eigenvalue weighted by atomic mass is 10.0. The van der Waals surface area contributed by atoms with E-state index in [1.54, 1.807) is 12.1 Å². The molecular formula is C22H30N4O3. The maximum Gasteiger partial charge on any atom is 0.251 e. The van der Waals surface area contributed by atoms with Crippen molar-refractivity contribution in [1.29, 1.82) is 0 Å². The highest BCUT2D eigenvalue weighted by Crippen LogP contribution is 2.26. The fourth-order valence-electron chi connectivity index (χ4n) is 4.80. The van der Waals surface area contributed by atoms with Gasteiger partial charge in [0.05, 0.1) is 6.04 Å². The number of hydrogen-bond donors (Lipinski definition) is 2. The molecule has 3 aliphatic heterocycles. The summed E-state index contributed by atoms with van der Waals surface area (Å²) in [7, 11) is 0. The molecule has 0 unspecified atom stereocenters. The minimum absolute atomic E-state index is 0.0278. The van der Waals surface area contributed by atoms with E-state index in [4.69, 9.17) is 0 Å². The number of nitrogens with one attached hydrogen (secondary N) is 2. The first-order valence-electron chi connectivity index (χ1n) is 10.8. The molecule has 156 valence electrons. The second-order valence-corrected chi connectivity index (χ2v) is 8.36. The molecule has 3 atom stereocenters. The summed E-state index contributed by atoms with van der Waals surface area (Å²) < 4.78 is 0. The number of fused-ring (bicyclic) bond motifs is 1. The van der Waals surface area contributed by atoms with Crippen molar-refractivity contribution in [1.82, 2.24) is 20.4 Å². The Balaban J connectivity index is 1.33. The van der Waals surface area contributed by atoms with Gasteiger partial charge in [-0.05, 0) is 44.2 Å². The molecule has 3 heterocycles. The van der Waals surface area contributed by atoms with Crippen LogP contribution in [0.25, 0.3) is 0 Å². The first-order valence-corrected chi connectivity index (χ1v) is 10.8. The summed E-state index contributed by atoms with van der Waals surface area (Å²) in [5.74, 6) is 0.152. The molecular weight excluding hydrogens is 368 g/mol. The number of nitrogens with zero attached hydrogens (tertiary/aromatic N) is 2. The fraction of sp³-hybridized carbons (Fsp3) is 0.591. The van der Waals surface area contributed by atoms with Gasteiger partial charge in [0.1, 0.15) is 0 Å². The number of piperidine rings is 1. The lowest BCUT2D eigenvalue weighted by Crippen LogP contribution is -2.58. The molecule has 3 saturated heterocycles. The Morgan fingerprint density at radius 3 is 2.62 bits per heavy atom. The van der Waals surface area contributed by atoms with E-state index >= 15 is 0 Å². The Morgan fingerprint density at radius 2 is 1.86 bits per heavy atom. The molecule has 0 saturated carbocycles. The van der Waals surface area contributed by atoms with E-state index in [1.807, 2.05) is 23.1 Å². The van der Waals surface area contributed by atoms with E-state index in [1.165, 1.54) is 6.42 Å². The zero-order chi connectivity index (χ0) is 20.2. The van der Waals surface area contributed by atoms with Crippen molar-refractivity contribution in [3.63, 3.8) is 0 Å². The molecule has 0 spiro atoms. The predicted molar refractivity (Wildman–Crippen MR) is 109 cm³/mol. The van der Waals surface area contributed by atoms with Crippen LogP contribution >= 0.6 is 0 Å². The van der Waals surface area contributed by atoms with Gasteiger partial charge in [0.2, 0.25) is 11.8 Å². The quantitative estimate of drug-likeness (QED) is 0.780. The fourth-order valence-corrected chi connectivity index (χ4v) is 4.80. The van der Waals surface area contributed by atoms with Crippen LogP contribution in [0.1, 0.15) is 48.9 Å². The zero-order valence-corrected chi connectivity index (χ0v) is 16.8. The first kappa shape index (κ1) is 19.9. The van der Waals surface area contributed by atoms with Gasteiger partial charge in [-0.15, -0.1) is 0 Å². The highest BCUT2D eigenvalue weighted by atomic mass is 16.2. The van der Waals surface area contributed by atoms with Crippen LogP contribution < -0.4 is 10.6 Å². The number of carbonyl (C=O) groups is 3. The average Bonchev–Trinajstić information content (AvgIpc) is 3.19. The minimum atomic E-state index is -0.222. The third kappa shape index (κ3) is 4.61. The average molecular weight is 399 g/mol. The second kappa shape index (κ2) is 8.95. The van der Waals surface area contributed by atoms with Gasteiger partial charge in [-0.25, -0.2) is 0 Å². The molecule has 29 heavy (non-hydrogen) atoms. The maximum absolute atomic E-state index is 12.5. The highest BCUT2D eigenvalue weighted by Gasteiger charge is 2.43. The van der Waals surface area contributed by atoms with Gasteiger partial charge in [-0.2, -0.15) is 0 Å². The summed E-state index contributed by atoms with van der Waals surface area (Å²) in [4.78, 5) is 41.5. The van der Waals surface area contributed by atoms with Crippen LogP contribution in [0, 0.1) is 0 Å². The smallest absolute Gasteiger partial charge is 0.251 e. The molecule has 7 nitrogen and oxygen atoms in total. The van der Waals surface area contributed by atoms with E-state index in [2.05, 4.69) is 15.5 Å². The SMILES string of the molecule is O=C(N[C@H]1C[C@H]2C(=O)NC[C@@H](CCC(=O)N3CCCCC3)N2C1)c1ccccc1. The van der Waals surface area contributed by atoms with Gasteiger partial charge < -0.3 is 15.5 Å². The Morgan fingerprint density at radius 1 is 1.10 bits per heavy atom. The maximum atomic E-state index is 12.5. The van der Waals surface area contributed by atoms with E-state index in [-0.39, 0.29) is 35.8 Å². The molecule has 0 aliphatic carbocycles. The van der Waals surface area contributed by atoms with Gasteiger partial charge in [-0.3, -0.25) is 19.3 Å². The standard InChI is InChI=1S/C22H30N4O3/c27-20(25-11-5-2-6-12-25)10-9-18-14-23-22(29)19-13-17(15-26(18)19)24-21(28)16-7-3-1-4-8-16/h1,3-4,7-8,17-19H,2,5-6,9-15H2,(H,23,29)(H,24,28)/t17-,18+,19-/m0/s1. The molecule has 1 aromatic rings. The lowest BCUT2D eigenvalue weighted by molar-refractivity contribution is -0.133. The van der Waals surface area contributed by atoms with Crippen molar-refractivity contribution in [3.05, 3.63) is 35.9 Å². The number of piperazine rings is 1. The molecule has 0 radical (unpaired) electrons. The number of likely N-dealkylation sites (tertiary alicyclic amines) is 1. The second-order valence-electron chi connectivity index (χ2n) is 8.36. The summed E-state index contributed by atoms with van der Waals surface area (Å²) in [6.45, 7) is 2.97. The van der Waals surface area contributed by atoms with Crippen molar-refractivity contribution >= 4 is 17.7 Å². The molecule has 0 bridgehead atoms. The van der Waals surface area contributed by atoms with Gasteiger partial charge in [0.25, 0.3) is 5.91 Å². The molecule has 3 aliphatic rings. The molecule has 4 rings (SSSR count). The van der Waals surface area contributed by atoms with Gasteiger partial charge in [-0.1, -0.05) is 18.2 Å². The van der Waals surface area contributed by atoms with Gasteiger partial charge in [0.15, 0.2) is 0 Å². The Hall–Kier alpha value is -2.41. The Bertz CT molecular complexity index is 748. The van der Waals surface area contributed by atoms with E-state index in [9.17, 15) is 14.4 Å². The molecule has 0 aromatic heterocycles. The summed E-state index contributed by atoms with van der Waals surface area (Å²) in [5.41, 5.74) is 0.630.